The van der Waals surface area contributed by atoms with Gasteiger partial charge in [-0.15, -0.1) is 0 Å². The average molecular weight is 604 g/mol. The summed E-state index contributed by atoms with van der Waals surface area (Å²) < 4.78 is 28.2. The van der Waals surface area contributed by atoms with Gasteiger partial charge in [-0.1, -0.05) is 56.3 Å². The molecule has 3 aliphatic rings. The first kappa shape index (κ1) is 32.8. The Morgan fingerprint density at radius 2 is 2.07 bits per heavy atom. The fourth-order valence-corrected chi connectivity index (χ4v) is 6.24. The Balaban J connectivity index is 1.47. The molecular weight excluding hydrogens is 560 g/mol. The molecule has 2 heterocycles. The lowest BCUT2D eigenvalue weighted by atomic mass is 9.88. The largest absolute Gasteiger partial charge is 0.351 e. The van der Waals surface area contributed by atoms with Gasteiger partial charge in [0.1, 0.15) is 17.9 Å². The first-order valence-electron chi connectivity index (χ1n) is 15.7. The Hall–Kier alpha value is -4.06. The van der Waals surface area contributed by atoms with E-state index in [-0.39, 0.29) is 12.1 Å². The molecule has 1 aromatic rings. The second-order valence-electron chi connectivity index (χ2n) is 11.9. The number of amides is 2. The number of hydrogen-bond donors (Lipinski definition) is 2. The van der Waals surface area contributed by atoms with Gasteiger partial charge < -0.3 is 15.5 Å². The number of aryl methyl sites for hydroxylation is 1. The van der Waals surface area contributed by atoms with Crippen LogP contribution < -0.4 is 10.6 Å². The molecule has 0 radical (unpaired) electrons. The van der Waals surface area contributed by atoms with Crippen LogP contribution in [0.15, 0.2) is 71.4 Å². The van der Waals surface area contributed by atoms with Crippen LogP contribution in [0.5, 0.6) is 0 Å². The van der Waals surface area contributed by atoms with E-state index in [2.05, 4.69) is 61.4 Å². The molecule has 2 fully saturated rings. The Morgan fingerprint density at radius 1 is 1.27 bits per heavy atom. The van der Waals surface area contributed by atoms with Crippen molar-refractivity contribution in [2.75, 3.05) is 6.54 Å². The molecule has 2 aliphatic heterocycles. The number of carbonyl (C=O) groups is 2. The zero-order valence-corrected chi connectivity index (χ0v) is 25.8. The molecule has 1 saturated carbocycles. The molecule has 7 nitrogen and oxygen atoms in total. The number of carbonyl (C=O) groups excluding carboxylic acids is 2. The molecule has 9 heteroatoms. The van der Waals surface area contributed by atoms with Gasteiger partial charge >= 0.3 is 0 Å². The van der Waals surface area contributed by atoms with E-state index in [1.54, 1.807) is 6.20 Å². The maximum atomic E-state index is 14.1. The van der Waals surface area contributed by atoms with E-state index < -0.39 is 36.7 Å². The number of nitrogens with one attached hydrogen (secondary N) is 2. The Kier molecular flexibility index (Phi) is 11.3. The maximum absolute atomic E-state index is 14.1. The maximum Gasteiger partial charge on any atom is 0.267 e. The van der Waals surface area contributed by atoms with Crippen LogP contribution in [0.25, 0.3) is 5.57 Å². The van der Waals surface area contributed by atoms with Gasteiger partial charge in [0, 0.05) is 25.1 Å². The van der Waals surface area contributed by atoms with Gasteiger partial charge in [0.2, 0.25) is 11.8 Å². The quantitative estimate of drug-likeness (QED) is 0.330. The lowest BCUT2D eigenvalue weighted by molar-refractivity contribution is -0.135. The molecule has 3 atom stereocenters. The molecule has 0 spiro atoms. The number of nitriles is 1. The third-order valence-corrected chi connectivity index (χ3v) is 8.48. The molecule has 44 heavy (non-hydrogen) atoms. The number of hydrogen-bond acceptors (Lipinski definition) is 4. The van der Waals surface area contributed by atoms with Gasteiger partial charge in [-0.25, -0.2) is 8.78 Å². The molecule has 1 aliphatic carbocycles. The number of allylic oxidation sites excluding steroid dienone is 5. The van der Waals surface area contributed by atoms with Gasteiger partial charge in [-0.3, -0.25) is 14.6 Å². The first-order chi connectivity index (χ1) is 21.2. The summed E-state index contributed by atoms with van der Waals surface area (Å²) in [5.74, 6) is -3.55. The Bertz CT molecular complexity index is 1400. The first-order valence-corrected chi connectivity index (χ1v) is 15.7. The van der Waals surface area contributed by atoms with E-state index >= 15 is 0 Å². The summed E-state index contributed by atoms with van der Waals surface area (Å²) in [6.07, 6.45) is 13.6. The standard InChI is InChI=1S/C35H43F2N5O2/c1-4-6-15-30(28-16-8-7-12-24(28)3)29-17-9-10-18-32(39-22-25(29)21-38)40-26-13-11-14-27(19-26)41-34(44)31-20-35(36,37)23-42(31)33(43)5-2/h5,7-8,12,15-17,22,26-27,31H,2,4,6,9-11,13-14,18-20,23H2,1,3H3,(H,39,40)(H,41,44)/b25-22-,29-17+,30-15+/t26-,27+,31+/m1/s1. The van der Waals surface area contributed by atoms with Crippen LogP contribution >= 0.6 is 0 Å². The smallest absolute Gasteiger partial charge is 0.267 e. The number of halogens is 2. The van der Waals surface area contributed by atoms with Crippen LogP contribution in [0.2, 0.25) is 0 Å². The number of nitrogens with zero attached hydrogens (tertiary/aromatic N) is 3. The SMILES string of the molecule is C=CC(=O)N1CC(F)(F)C[C@H]1C(=O)N[C@H]1CCC[C@@H](N=C2CCC/C=C(C(=C/CCC)/c3ccccc3C)\C(C#N)=C/N2)C1. The molecule has 2 N–H and O–H groups in total. The fourth-order valence-electron chi connectivity index (χ4n) is 6.24. The number of aliphatic imine (C=N–C) groups is 1. The van der Waals surface area contributed by atoms with Crippen molar-refractivity contribution < 1.29 is 18.4 Å². The molecule has 4 rings (SSSR count). The van der Waals surface area contributed by atoms with E-state index in [9.17, 15) is 23.6 Å². The molecular formula is C35H43F2N5O2. The van der Waals surface area contributed by atoms with Crippen molar-refractivity contribution in [2.24, 2.45) is 4.99 Å². The van der Waals surface area contributed by atoms with Crippen LogP contribution in [0.1, 0.15) is 82.3 Å². The van der Waals surface area contributed by atoms with E-state index in [1.165, 1.54) is 0 Å². The van der Waals surface area contributed by atoms with Crippen molar-refractivity contribution in [3.63, 3.8) is 0 Å². The topological polar surface area (TPSA) is 97.6 Å². The summed E-state index contributed by atoms with van der Waals surface area (Å²) in [4.78, 5) is 31.1. The molecule has 1 aromatic carbocycles. The Labute approximate surface area is 259 Å². The van der Waals surface area contributed by atoms with E-state index in [0.29, 0.717) is 18.4 Å². The monoisotopic (exact) mass is 603 g/mol. The third-order valence-electron chi connectivity index (χ3n) is 8.48. The highest BCUT2D eigenvalue weighted by atomic mass is 19.3. The lowest BCUT2D eigenvalue weighted by Gasteiger charge is -2.30. The summed E-state index contributed by atoms with van der Waals surface area (Å²) in [6.45, 7) is 6.83. The lowest BCUT2D eigenvalue weighted by Crippen LogP contribution is -2.49. The highest BCUT2D eigenvalue weighted by Crippen LogP contribution is 2.34. The molecule has 0 unspecified atom stereocenters. The number of rotatable bonds is 8. The molecule has 0 bridgehead atoms. The summed E-state index contributed by atoms with van der Waals surface area (Å²) >= 11 is 0. The summed E-state index contributed by atoms with van der Waals surface area (Å²) in [5.41, 5.74) is 4.81. The third kappa shape index (κ3) is 8.31. The van der Waals surface area contributed by atoms with Crippen molar-refractivity contribution in [3.8, 4) is 6.07 Å². The minimum Gasteiger partial charge on any atom is -0.351 e. The van der Waals surface area contributed by atoms with Crippen LogP contribution in [0, 0.1) is 18.3 Å². The predicted octanol–water partition coefficient (Wildman–Crippen LogP) is 6.53. The minimum absolute atomic E-state index is 0.0634. The average Bonchev–Trinajstić information content (AvgIpc) is 3.38. The van der Waals surface area contributed by atoms with Gasteiger partial charge in [-0.2, -0.15) is 5.26 Å². The van der Waals surface area contributed by atoms with E-state index in [4.69, 9.17) is 4.99 Å². The van der Waals surface area contributed by atoms with E-state index in [1.807, 2.05) is 12.1 Å². The van der Waals surface area contributed by atoms with Crippen molar-refractivity contribution in [1.29, 1.82) is 5.26 Å². The molecule has 0 aromatic heterocycles. The number of benzene rings is 1. The van der Waals surface area contributed by atoms with E-state index in [0.717, 1.165) is 84.0 Å². The van der Waals surface area contributed by atoms with Gasteiger partial charge in [0.05, 0.1) is 18.2 Å². The van der Waals surface area contributed by atoms with Crippen LogP contribution in [-0.2, 0) is 9.59 Å². The van der Waals surface area contributed by atoms with Gasteiger partial charge in [-0.05, 0) is 80.2 Å². The zero-order chi connectivity index (χ0) is 31.7. The highest BCUT2D eigenvalue weighted by Gasteiger charge is 2.49. The van der Waals surface area contributed by atoms with Crippen molar-refractivity contribution >= 4 is 23.2 Å². The summed E-state index contributed by atoms with van der Waals surface area (Å²) in [7, 11) is 0. The second-order valence-corrected chi connectivity index (χ2v) is 11.9. The van der Waals surface area contributed by atoms with Crippen molar-refractivity contribution in [1.82, 2.24) is 15.5 Å². The van der Waals surface area contributed by atoms with Crippen LogP contribution in [0.4, 0.5) is 8.78 Å². The second kappa shape index (κ2) is 15.1. The van der Waals surface area contributed by atoms with Gasteiger partial charge in [0.15, 0.2) is 0 Å². The molecule has 234 valence electrons. The van der Waals surface area contributed by atoms with Crippen molar-refractivity contribution in [3.05, 3.63) is 77.5 Å². The number of likely N-dealkylation sites (tertiary alicyclic amines) is 1. The summed E-state index contributed by atoms with van der Waals surface area (Å²) in [6, 6.07) is 9.12. The summed E-state index contributed by atoms with van der Waals surface area (Å²) in [5, 5.41) is 16.4. The zero-order valence-electron chi connectivity index (χ0n) is 25.8. The fraction of sp³-hybridized carbons (Fsp3) is 0.486. The minimum atomic E-state index is -3.11. The number of amidine groups is 1. The molecule has 1 saturated heterocycles. The normalized spacial score (nSPS) is 27.3. The Morgan fingerprint density at radius 3 is 2.80 bits per heavy atom. The number of alkyl halides is 2. The molecule has 2 amide bonds. The predicted molar refractivity (Wildman–Crippen MR) is 170 cm³/mol. The highest BCUT2D eigenvalue weighted by molar-refractivity contribution is 5.93. The van der Waals surface area contributed by atoms with Gasteiger partial charge in [0.25, 0.3) is 5.92 Å². The van der Waals surface area contributed by atoms with Crippen LogP contribution in [0.3, 0.4) is 0 Å². The number of unbranched alkanes of at least 4 members (excludes halogenated alkanes) is 1. The van der Waals surface area contributed by atoms with Crippen molar-refractivity contribution in [2.45, 2.75) is 102 Å². The van der Waals surface area contributed by atoms with Crippen LogP contribution in [-0.4, -0.2) is 53.1 Å².